The van der Waals surface area contributed by atoms with E-state index in [0.717, 1.165) is 30.6 Å². The van der Waals surface area contributed by atoms with Crippen LogP contribution in [0.3, 0.4) is 0 Å². The van der Waals surface area contributed by atoms with E-state index in [2.05, 4.69) is 33.4 Å². The highest BCUT2D eigenvalue weighted by atomic mass is 15.2. The number of nitrogens with zero attached hydrogens (tertiary/aromatic N) is 4. The van der Waals surface area contributed by atoms with E-state index in [-0.39, 0.29) is 0 Å². The van der Waals surface area contributed by atoms with Crippen LogP contribution in [0.4, 0.5) is 5.82 Å². The van der Waals surface area contributed by atoms with Crippen molar-refractivity contribution in [2.75, 3.05) is 26.0 Å². The maximum absolute atomic E-state index is 9.36. The first kappa shape index (κ1) is 15.4. The molecule has 5 nitrogen and oxygen atoms in total. The van der Waals surface area contributed by atoms with Crippen LogP contribution in [0.1, 0.15) is 37.6 Å². The summed E-state index contributed by atoms with van der Waals surface area (Å²) in [6.07, 6.45) is 1.61. The Hall–Kier alpha value is -1.67. The van der Waals surface area contributed by atoms with Gasteiger partial charge in [-0.15, -0.1) is 5.10 Å². The zero-order valence-electron chi connectivity index (χ0n) is 12.5. The summed E-state index contributed by atoms with van der Waals surface area (Å²) in [4.78, 5) is 2.12. The zero-order valence-corrected chi connectivity index (χ0v) is 12.5. The summed E-state index contributed by atoms with van der Waals surface area (Å²) in [6, 6.07) is 2.63. The van der Waals surface area contributed by atoms with Crippen LogP contribution in [-0.4, -0.2) is 41.8 Å². The Morgan fingerprint density at radius 3 is 2.42 bits per heavy atom. The lowest BCUT2D eigenvalue weighted by Crippen LogP contribution is -2.32. The molecule has 1 rings (SSSR count). The monoisotopic (exact) mass is 261 g/mol. The lowest BCUT2D eigenvalue weighted by Gasteiger charge is -2.21. The maximum atomic E-state index is 9.36. The van der Waals surface area contributed by atoms with Crippen molar-refractivity contribution in [2.45, 2.75) is 39.7 Å². The average Bonchev–Trinajstić information content (AvgIpc) is 2.42. The number of aromatic nitrogens is 2. The standard InChI is InChI=1S/C14H23N5/c1-6-11-12(8-15)14(18-17-13(11)7-2)16-9-10(3)19(4)5/h10H,6-7,9H2,1-5H3,(H,16,18). The highest BCUT2D eigenvalue weighted by Crippen LogP contribution is 2.19. The molecule has 1 atom stereocenters. The number of likely N-dealkylation sites (N-methyl/N-ethyl adjacent to an activating group) is 1. The molecule has 0 fully saturated rings. The third kappa shape index (κ3) is 3.65. The third-order valence-electron chi connectivity index (χ3n) is 3.40. The SMILES string of the molecule is CCc1nnc(NCC(C)N(C)C)c(C#N)c1CC. The molecule has 1 aromatic heterocycles. The summed E-state index contributed by atoms with van der Waals surface area (Å²) in [7, 11) is 4.06. The molecule has 0 aliphatic heterocycles. The Balaban J connectivity index is 2.99. The highest BCUT2D eigenvalue weighted by molar-refractivity contribution is 5.56. The fourth-order valence-electron chi connectivity index (χ4n) is 1.84. The first-order valence-electron chi connectivity index (χ1n) is 6.73. The smallest absolute Gasteiger partial charge is 0.167 e. The van der Waals surface area contributed by atoms with E-state index < -0.39 is 0 Å². The summed E-state index contributed by atoms with van der Waals surface area (Å²) in [6.45, 7) is 6.94. The van der Waals surface area contributed by atoms with Crippen LogP contribution < -0.4 is 5.32 Å². The van der Waals surface area contributed by atoms with Crippen LogP contribution in [0.15, 0.2) is 0 Å². The Labute approximate surface area is 115 Å². The fourth-order valence-corrected chi connectivity index (χ4v) is 1.84. The van der Waals surface area contributed by atoms with Crippen molar-refractivity contribution in [1.29, 1.82) is 5.26 Å². The number of nitrogens with one attached hydrogen (secondary N) is 1. The summed E-state index contributed by atoms with van der Waals surface area (Å²) in [5.41, 5.74) is 2.57. The minimum atomic E-state index is 0.365. The van der Waals surface area contributed by atoms with Gasteiger partial charge in [0.25, 0.3) is 0 Å². The molecule has 0 aliphatic carbocycles. The Kier molecular flexibility index (Phi) is 5.71. The molecule has 1 unspecified atom stereocenters. The summed E-state index contributed by atoms with van der Waals surface area (Å²) < 4.78 is 0. The molecule has 0 aliphatic rings. The predicted molar refractivity (Wildman–Crippen MR) is 77.1 cm³/mol. The lowest BCUT2D eigenvalue weighted by atomic mass is 10.0. The number of rotatable bonds is 6. The van der Waals surface area contributed by atoms with Crippen molar-refractivity contribution in [3.63, 3.8) is 0 Å². The third-order valence-corrected chi connectivity index (χ3v) is 3.40. The van der Waals surface area contributed by atoms with Gasteiger partial charge in [-0.3, -0.25) is 0 Å². The minimum absolute atomic E-state index is 0.365. The van der Waals surface area contributed by atoms with Crippen LogP contribution in [0.2, 0.25) is 0 Å². The molecule has 0 radical (unpaired) electrons. The van der Waals surface area contributed by atoms with E-state index in [0.29, 0.717) is 17.4 Å². The number of nitriles is 1. The quantitative estimate of drug-likeness (QED) is 0.846. The summed E-state index contributed by atoms with van der Waals surface area (Å²) in [5.74, 6) is 0.602. The van der Waals surface area contributed by atoms with E-state index in [1.54, 1.807) is 0 Å². The molecule has 0 amide bonds. The molecule has 0 spiro atoms. The van der Waals surface area contributed by atoms with E-state index in [1.165, 1.54) is 0 Å². The van der Waals surface area contributed by atoms with Crippen LogP contribution in [0, 0.1) is 11.3 Å². The number of hydrogen-bond donors (Lipinski definition) is 1. The number of aryl methyl sites for hydroxylation is 1. The molecule has 0 aromatic carbocycles. The largest absolute Gasteiger partial charge is 0.366 e. The van der Waals surface area contributed by atoms with Gasteiger partial charge in [-0.2, -0.15) is 10.4 Å². The van der Waals surface area contributed by atoms with Crippen LogP contribution >= 0.6 is 0 Å². The molecule has 1 aromatic rings. The van der Waals surface area contributed by atoms with Gasteiger partial charge in [-0.1, -0.05) is 13.8 Å². The van der Waals surface area contributed by atoms with Crippen molar-refractivity contribution in [2.24, 2.45) is 0 Å². The fraction of sp³-hybridized carbons (Fsp3) is 0.643. The van der Waals surface area contributed by atoms with Gasteiger partial charge in [-0.05, 0) is 39.4 Å². The summed E-state index contributed by atoms with van der Waals surface area (Å²) in [5, 5.41) is 21.0. The van der Waals surface area contributed by atoms with E-state index in [9.17, 15) is 5.26 Å². The summed E-state index contributed by atoms with van der Waals surface area (Å²) >= 11 is 0. The molecule has 0 saturated heterocycles. The van der Waals surface area contributed by atoms with Crippen molar-refractivity contribution in [3.05, 3.63) is 16.8 Å². The Morgan fingerprint density at radius 2 is 1.95 bits per heavy atom. The second-order valence-electron chi connectivity index (χ2n) is 4.86. The minimum Gasteiger partial charge on any atom is -0.366 e. The van der Waals surface area contributed by atoms with Gasteiger partial charge in [0.1, 0.15) is 11.6 Å². The Morgan fingerprint density at radius 1 is 1.26 bits per heavy atom. The zero-order chi connectivity index (χ0) is 14.4. The molecule has 5 heteroatoms. The lowest BCUT2D eigenvalue weighted by molar-refractivity contribution is 0.326. The molecule has 0 bridgehead atoms. The molecule has 104 valence electrons. The normalized spacial score (nSPS) is 12.3. The van der Waals surface area contributed by atoms with Gasteiger partial charge in [0.15, 0.2) is 5.82 Å². The second kappa shape index (κ2) is 7.05. The number of hydrogen-bond acceptors (Lipinski definition) is 5. The van der Waals surface area contributed by atoms with Crippen molar-refractivity contribution >= 4 is 5.82 Å². The van der Waals surface area contributed by atoms with Crippen LogP contribution in [0.25, 0.3) is 0 Å². The highest BCUT2D eigenvalue weighted by Gasteiger charge is 2.14. The van der Waals surface area contributed by atoms with E-state index in [4.69, 9.17) is 0 Å². The van der Waals surface area contributed by atoms with Crippen molar-refractivity contribution in [1.82, 2.24) is 15.1 Å². The topological polar surface area (TPSA) is 64.8 Å². The van der Waals surface area contributed by atoms with E-state index >= 15 is 0 Å². The molecule has 1 N–H and O–H groups in total. The van der Waals surface area contributed by atoms with Gasteiger partial charge >= 0.3 is 0 Å². The number of anilines is 1. The van der Waals surface area contributed by atoms with Crippen molar-refractivity contribution < 1.29 is 0 Å². The van der Waals surface area contributed by atoms with Crippen LogP contribution in [-0.2, 0) is 12.8 Å². The van der Waals surface area contributed by atoms with Gasteiger partial charge in [0, 0.05) is 12.6 Å². The van der Waals surface area contributed by atoms with Gasteiger partial charge in [0.2, 0.25) is 0 Å². The van der Waals surface area contributed by atoms with Gasteiger partial charge < -0.3 is 10.2 Å². The first-order chi connectivity index (χ1) is 9.04. The van der Waals surface area contributed by atoms with Crippen LogP contribution in [0.5, 0.6) is 0 Å². The molecule has 0 saturated carbocycles. The molecular formula is C14H23N5. The molecule has 19 heavy (non-hydrogen) atoms. The van der Waals surface area contributed by atoms with E-state index in [1.807, 2.05) is 27.9 Å². The molecular weight excluding hydrogens is 238 g/mol. The van der Waals surface area contributed by atoms with Gasteiger partial charge in [0.05, 0.1) is 5.69 Å². The van der Waals surface area contributed by atoms with Gasteiger partial charge in [-0.25, -0.2) is 0 Å². The predicted octanol–water partition coefficient (Wildman–Crippen LogP) is 1.84. The first-order valence-corrected chi connectivity index (χ1v) is 6.73. The van der Waals surface area contributed by atoms with Crippen molar-refractivity contribution in [3.8, 4) is 6.07 Å². The Bertz CT molecular complexity index is 462. The average molecular weight is 261 g/mol. The molecule has 1 heterocycles. The second-order valence-corrected chi connectivity index (χ2v) is 4.86. The maximum Gasteiger partial charge on any atom is 0.167 e.